The third-order valence-corrected chi connectivity index (χ3v) is 5.92. The first kappa shape index (κ1) is 17.6. The van der Waals surface area contributed by atoms with Crippen LogP contribution in [0.25, 0.3) is 4.96 Å². The van der Waals surface area contributed by atoms with Gasteiger partial charge in [0.15, 0.2) is 0 Å². The van der Waals surface area contributed by atoms with Crippen molar-refractivity contribution in [3.63, 3.8) is 0 Å². The van der Waals surface area contributed by atoms with E-state index in [1.165, 1.54) is 23.5 Å². The number of fused-ring (bicyclic) bond motifs is 1. The van der Waals surface area contributed by atoms with Gasteiger partial charge in [-0.1, -0.05) is 23.5 Å². The molecule has 3 heterocycles. The van der Waals surface area contributed by atoms with Crippen molar-refractivity contribution in [1.29, 1.82) is 0 Å². The van der Waals surface area contributed by atoms with Gasteiger partial charge in [-0.05, 0) is 36.2 Å². The topological polar surface area (TPSA) is 106 Å². The van der Waals surface area contributed by atoms with Gasteiger partial charge < -0.3 is 4.90 Å². The Hall–Kier alpha value is -2.82. The predicted octanol–water partition coefficient (Wildman–Crippen LogP) is 2.21. The molecule has 3 aromatic heterocycles. The number of primary sulfonamides is 1. The Kier molecular flexibility index (Phi) is 4.60. The highest BCUT2D eigenvalue weighted by atomic mass is 32.2. The summed E-state index contributed by atoms with van der Waals surface area (Å²) in [6.07, 6.45) is 7.73. The monoisotopic (exact) mass is 400 g/mol. The van der Waals surface area contributed by atoms with Crippen molar-refractivity contribution in [2.75, 3.05) is 11.4 Å². The summed E-state index contributed by atoms with van der Waals surface area (Å²) in [6, 6.07) is 10.4. The zero-order valence-corrected chi connectivity index (χ0v) is 15.8. The van der Waals surface area contributed by atoms with Crippen molar-refractivity contribution in [3.8, 4) is 0 Å². The van der Waals surface area contributed by atoms with Crippen molar-refractivity contribution in [2.45, 2.75) is 11.3 Å². The second-order valence-electron chi connectivity index (χ2n) is 5.84. The molecule has 1 aromatic carbocycles. The highest BCUT2D eigenvalue weighted by Gasteiger charge is 2.16. The van der Waals surface area contributed by atoms with Crippen LogP contribution in [0.3, 0.4) is 0 Å². The first-order chi connectivity index (χ1) is 13.0. The molecule has 0 spiro atoms. The summed E-state index contributed by atoms with van der Waals surface area (Å²) in [4.78, 5) is 11.5. The fraction of sp³-hybridized carbons (Fsp3) is 0.118. The summed E-state index contributed by atoms with van der Waals surface area (Å²) < 4.78 is 24.5. The minimum atomic E-state index is -3.68. The van der Waals surface area contributed by atoms with Gasteiger partial charge in [-0.15, -0.1) is 5.10 Å². The van der Waals surface area contributed by atoms with Crippen LogP contribution in [0.15, 0.2) is 66.1 Å². The number of aromatic nitrogens is 4. The van der Waals surface area contributed by atoms with E-state index in [1.807, 2.05) is 18.3 Å². The number of pyridine rings is 1. The molecule has 0 saturated heterocycles. The van der Waals surface area contributed by atoms with Gasteiger partial charge in [0, 0.05) is 18.9 Å². The fourth-order valence-corrected chi connectivity index (χ4v) is 4.09. The molecule has 2 N–H and O–H groups in total. The van der Waals surface area contributed by atoms with Gasteiger partial charge in [0.25, 0.3) is 0 Å². The zero-order valence-electron chi connectivity index (χ0n) is 14.1. The van der Waals surface area contributed by atoms with Gasteiger partial charge >= 0.3 is 0 Å². The number of imidazole rings is 1. The highest BCUT2D eigenvalue weighted by Crippen LogP contribution is 2.29. The van der Waals surface area contributed by atoms with Crippen LogP contribution in [0.2, 0.25) is 0 Å². The van der Waals surface area contributed by atoms with E-state index in [1.54, 1.807) is 35.2 Å². The van der Waals surface area contributed by atoms with Gasteiger partial charge in [0.05, 0.1) is 23.0 Å². The van der Waals surface area contributed by atoms with Crippen LogP contribution in [0.4, 0.5) is 10.8 Å². The van der Waals surface area contributed by atoms with Gasteiger partial charge in [0.2, 0.25) is 20.1 Å². The van der Waals surface area contributed by atoms with Crippen LogP contribution in [0, 0.1) is 0 Å². The van der Waals surface area contributed by atoms with Crippen LogP contribution >= 0.6 is 11.3 Å². The quantitative estimate of drug-likeness (QED) is 0.532. The second-order valence-corrected chi connectivity index (χ2v) is 8.34. The molecule has 27 heavy (non-hydrogen) atoms. The summed E-state index contributed by atoms with van der Waals surface area (Å²) in [7, 11) is -3.68. The Morgan fingerprint density at radius 1 is 1.15 bits per heavy atom. The Labute approximate surface area is 160 Å². The molecule has 0 aliphatic rings. The van der Waals surface area contributed by atoms with E-state index >= 15 is 0 Å². The van der Waals surface area contributed by atoms with E-state index in [0.717, 1.165) is 21.3 Å². The molecule has 0 atom stereocenters. The molecule has 4 aromatic rings. The Bertz CT molecular complexity index is 1120. The van der Waals surface area contributed by atoms with E-state index in [-0.39, 0.29) is 4.90 Å². The first-order valence-corrected chi connectivity index (χ1v) is 10.5. The molecular weight excluding hydrogens is 384 g/mol. The van der Waals surface area contributed by atoms with E-state index in [4.69, 9.17) is 5.14 Å². The molecule has 0 bridgehead atoms. The van der Waals surface area contributed by atoms with Crippen molar-refractivity contribution in [1.82, 2.24) is 19.6 Å². The molecule has 4 rings (SSSR count). The Morgan fingerprint density at radius 2 is 1.96 bits per heavy atom. The molecule has 0 aliphatic heterocycles. The number of nitrogens with two attached hydrogens (primary N) is 1. The summed E-state index contributed by atoms with van der Waals surface area (Å²) in [5, 5.41) is 10.5. The molecule has 0 fully saturated rings. The lowest BCUT2D eigenvalue weighted by Gasteiger charge is -2.21. The first-order valence-electron chi connectivity index (χ1n) is 8.10. The third kappa shape index (κ3) is 3.82. The third-order valence-electron chi connectivity index (χ3n) is 4.03. The molecule has 8 nitrogen and oxygen atoms in total. The van der Waals surface area contributed by atoms with Crippen molar-refractivity contribution in [3.05, 3.63) is 66.7 Å². The highest BCUT2D eigenvalue weighted by molar-refractivity contribution is 7.89. The number of hydrogen-bond donors (Lipinski definition) is 1. The minimum absolute atomic E-state index is 0.108. The number of nitrogens with zero attached hydrogens (tertiary/aromatic N) is 5. The maximum atomic E-state index is 11.4. The second kappa shape index (κ2) is 7.06. The summed E-state index contributed by atoms with van der Waals surface area (Å²) in [5.74, 6) is 0. The largest absolute Gasteiger partial charge is 0.315 e. The van der Waals surface area contributed by atoms with E-state index in [9.17, 15) is 8.42 Å². The van der Waals surface area contributed by atoms with Crippen LogP contribution in [-0.4, -0.2) is 34.5 Å². The van der Waals surface area contributed by atoms with Gasteiger partial charge in [-0.25, -0.2) is 23.1 Å². The Morgan fingerprint density at radius 3 is 2.63 bits per heavy atom. The van der Waals surface area contributed by atoms with Crippen LogP contribution in [0.1, 0.15) is 5.56 Å². The fourth-order valence-electron chi connectivity index (χ4n) is 2.67. The average molecular weight is 400 g/mol. The van der Waals surface area contributed by atoms with Crippen molar-refractivity contribution < 1.29 is 8.42 Å². The number of anilines is 2. The maximum absolute atomic E-state index is 11.4. The zero-order chi connectivity index (χ0) is 18.9. The smallest absolute Gasteiger partial charge is 0.238 e. The SMILES string of the molecule is NS(=O)(=O)c1ccc(CCN(c2cccnc2)c2nn3ccnc3s2)cc1. The molecule has 0 saturated carbocycles. The van der Waals surface area contributed by atoms with Gasteiger partial charge in [-0.2, -0.15) is 0 Å². The average Bonchev–Trinajstić information content (AvgIpc) is 3.25. The van der Waals surface area contributed by atoms with Crippen molar-refractivity contribution >= 4 is 37.1 Å². The molecular formula is C17H16N6O2S2. The van der Waals surface area contributed by atoms with Gasteiger partial charge in [-0.3, -0.25) is 4.98 Å². The van der Waals surface area contributed by atoms with Crippen LogP contribution < -0.4 is 10.0 Å². The van der Waals surface area contributed by atoms with E-state index in [0.29, 0.717) is 13.0 Å². The molecule has 10 heteroatoms. The number of rotatable bonds is 6. The minimum Gasteiger partial charge on any atom is -0.315 e. The lowest BCUT2D eigenvalue weighted by Crippen LogP contribution is -2.20. The summed E-state index contributed by atoms with van der Waals surface area (Å²) in [6.45, 7) is 0.650. The van der Waals surface area contributed by atoms with E-state index < -0.39 is 10.0 Å². The molecule has 0 radical (unpaired) electrons. The molecule has 0 amide bonds. The summed E-state index contributed by atoms with van der Waals surface area (Å²) >= 11 is 1.49. The maximum Gasteiger partial charge on any atom is 0.238 e. The standard InChI is InChI=1S/C17H16N6O2S2/c18-27(24,25)15-5-3-13(4-6-15)7-10-22(14-2-1-8-19-12-14)17-21-23-11-9-20-16(23)26-17/h1-6,8-9,11-12H,7,10H2,(H2,18,24,25). The number of benzene rings is 1. The molecule has 138 valence electrons. The van der Waals surface area contributed by atoms with E-state index in [2.05, 4.69) is 20.0 Å². The van der Waals surface area contributed by atoms with Crippen LogP contribution in [0.5, 0.6) is 0 Å². The molecule has 0 unspecified atom stereocenters. The van der Waals surface area contributed by atoms with Gasteiger partial charge in [0.1, 0.15) is 0 Å². The lowest BCUT2D eigenvalue weighted by molar-refractivity contribution is 0.598. The lowest BCUT2D eigenvalue weighted by atomic mass is 10.1. The Balaban J connectivity index is 1.59. The molecule has 0 aliphatic carbocycles. The van der Waals surface area contributed by atoms with Crippen molar-refractivity contribution in [2.24, 2.45) is 5.14 Å². The number of hydrogen-bond acceptors (Lipinski definition) is 7. The normalized spacial score (nSPS) is 11.7. The summed E-state index contributed by atoms with van der Waals surface area (Å²) in [5.41, 5.74) is 1.92. The van der Waals surface area contributed by atoms with Crippen LogP contribution in [-0.2, 0) is 16.4 Å². The number of sulfonamides is 1. The predicted molar refractivity (Wildman–Crippen MR) is 104 cm³/mol.